The lowest BCUT2D eigenvalue weighted by Crippen LogP contribution is -2.49. The Balaban J connectivity index is 0.000000423. The predicted octanol–water partition coefficient (Wildman–Crippen LogP) is 2.67. The van der Waals surface area contributed by atoms with Crippen molar-refractivity contribution in [3.05, 3.63) is 42.3 Å². The quantitative estimate of drug-likeness (QED) is 0.655. The molecular formula is C20H21F3N4O4. The number of nitrogens with one attached hydrogen (secondary N) is 2. The van der Waals surface area contributed by atoms with E-state index in [1.165, 1.54) is 0 Å². The molecule has 0 saturated carbocycles. The first-order valence-corrected chi connectivity index (χ1v) is 9.43. The molecular weight excluding hydrogens is 417 g/mol. The molecule has 2 aromatic rings. The third-order valence-corrected chi connectivity index (χ3v) is 4.50. The smallest absolute Gasteiger partial charge is 0.475 e. The number of amides is 1. The van der Waals surface area contributed by atoms with Crippen LogP contribution in [0.4, 0.5) is 13.2 Å². The number of piperidine rings is 1. The molecule has 0 aliphatic carbocycles. The topological polar surface area (TPSA) is 128 Å². The minimum atomic E-state index is -5.08. The van der Waals surface area contributed by atoms with Crippen LogP contribution in [0.25, 0.3) is 11.1 Å². The number of benzene rings is 1. The number of rotatable bonds is 5. The van der Waals surface area contributed by atoms with E-state index in [4.69, 9.17) is 14.4 Å². The van der Waals surface area contributed by atoms with Gasteiger partial charge < -0.3 is 20.3 Å². The summed E-state index contributed by atoms with van der Waals surface area (Å²) in [7, 11) is 0. The zero-order valence-corrected chi connectivity index (χ0v) is 16.4. The van der Waals surface area contributed by atoms with E-state index in [2.05, 4.69) is 21.9 Å². The molecule has 0 radical (unpaired) electrons. The summed E-state index contributed by atoms with van der Waals surface area (Å²) in [6.07, 6.45) is 1.63. The molecule has 1 amide bonds. The van der Waals surface area contributed by atoms with Gasteiger partial charge in [0.15, 0.2) is 0 Å². The summed E-state index contributed by atoms with van der Waals surface area (Å²) < 4.78 is 36.6. The zero-order valence-electron chi connectivity index (χ0n) is 16.4. The minimum Gasteiger partial charge on any atom is -0.475 e. The zero-order chi connectivity index (χ0) is 22.9. The maximum absolute atomic E-state index is 12.2. The van der Waals surface area contributed by atoms with Crippen LogP contribution < -0.4 is 10.6 Å². The molecule has 3 N–H and O–H groups in total. The van der Waals surface area contributed by atoms with Crippen molar-refractivity contribution in [2.24, 2.45) is 0 Å². The lowest BCUT2D eigenvalue weighted by Gasteiger charge is -2.23. The number of carbonyl (C=O) groups excluding carboxylic acids is 1. The van der Waals surface area contributed by atoms with Gasteiger partial charge in [0.05, 0.1) is 18.3 Å². The van der Waals surface area contributed by atoms with E-state index >= 15 is 0 Å². The van der Waals surface area contributed by atoms with Crippen molar-refractivity contribution < 1.29 is 32.4 Å². The van der Waals surface area contributed by atoms with E-state index in [0.29, 0.717) is 6.42 Å². The van der Waals surface area contributed by atoms with Crippen molar-refractivity contribution in [2.75, 3.05) is 6.54 Å². The van der Waals surface area contributed by atoms with Gasteiger partial charge in [0.25, 0.3) is 0 Å². The first-order chi connectivity index (χ1) is 14.7. The number of nitriles is 1. The van der Waals surface area contributed by atoms with E-state index in [-0.39, 0.29) is 11.9 Å². The van der Waals surface area contributed by atoms with Crippen molar-refractivity contribution in [3.8, 4) is 17.2 Å². The summed E-state index contributed by atoms with van der Waals surface area (Å²) >= 11 is 0. The summed E-state index contributed by atoms with van der Waals surface area (Å²) in [5.41, 5.74) is 2.91. The van der Waals surface area contributed by atoms with Gasteiger partial charge in [0.1, 0.15) is 12.3 Å². The molecule has 1 saturated heterocycles. The average Bonchev–Trinajstić information content (AvgIpc) is 3.29. The van der Waals surface area contributed by atoms with Crippen LogP contribution >= 0.6 is 0 Å². The number of carboxylic acid groups (broad SMARTS) is 1. The highest BCUT2D eigenvalue weighted by Gasteiger charge is 2.38. The molecule has 11 heteroatoms. The van der Waals surface area contributed by atoms with Gasteiger partial charge in [-0.05, 0) is 30.5 Å². The number of alkyl halides is 3. The molecule has 2 heterocycles. The Morgan fingerprint density at radius 2 is 1.97 bits per heavy atom. The molecule has 1 fully saturated rings. The highest BCUT2D eigenvalue weighted by atomic mass is 19.4. The normalized spacial score (nSPS) is 16.9. The highest BCUT2D eigenvalue weighted by molar-refractivity contribution is 5.82. The van der Waals surface area contributed by atoms with Crippen LogP contribution in [-0.4, -0.2) is 46.9 Å². The Hall–Kier alpha value is -3.39. The number of carbonyl (C=O) groups is 2. The number of hydrogen-bond acceptors (Lipinski definition) is 6. The van der Waals surface area contributed by atoms with Crippen LogP contribution in [0.5, 0.6) is 0 Å². The average molecular weight is 438 g/mol. The second-order valence-corrected chi connectivity index (χ2v) is 6.81. The molecule has 1 aromatic carbocycles. The van der Waals surface area contributed by atoms with Crippen molar-refractivity contribution >= 4 is 11.9 Å². The van der Waals surface area contributed by atoms with Crippen LogP contribution in [0.15, 0.2) is 41.2 Å². The van der Waals surface area contributed by atoms with Gasteiger partial charge in [0, 0.05) is 12.0 Å². The standard InChI is InChI=1S/C18H20N4O2.C2HF3O2/c19-10-16(22-18(23)17-3-1-2-8-20-17)9-13-4-6-14(7-5-13)15-11-21-24-12-15;3-2(4,5)1(6)7/h4-7,11-12,16-17,20H,1-3,8-9H2,(H,22,23);(H,6,7)/t16-,17-;/m0./s1. The van der Waals surface area contributed by atoms with Crippen LogP contribution in [0.3, 0.4) is 0 Å². The van der Waals surface area contributed by atoms with Gasteiger partial charge in [-0.2, -0.15) is 18.4 Å². The van der Waals surface area contributed by atoms with Gasteiger partial charge in [-0.15, -0.1) is 0 Å². The number of aromatic nitrogens is 1. The number of carboxylic acids is 1. The summed E-state index contributed by atoms with van der Waals surface area (Å²) in [5, 5.41) is 26.2. The van der Waals surface area contributed by atoms with Crippen LogP contribution in [0.1, 0.15) is 24.8 Å². The van der Waals surface area contributed by atoms with Crippen molar-refractivity contribution in [2.45, 2.75) is 43.9 Å². The third kappa shape index (κ3) is 7.75. The van der Waals surface area contributed by atoms with E-state index in [0.717, 1.165) is 42.5 Å². The molecule has 0 unspecified atom stereocenters. The van der Waals surface area contributed by atoms with Gasteiger partial charge in [-0.1, -0.05) is 35.8 Å². The Morgan fingerprint density at radius 3 is 2.45 bits per heavy atom. The number of hydrogen-bond donors (Lipinski definition) is 3. The molecule has 0 spiro atoms. The Bertz CT molecular complexity index is 887. The van der Waals surface area contributed by atoms with Crippen LogP contribution in [0, 0.1) is 11.3 Å². The molecule has 1 aliphatic rings. The fourth-order valence-corrected chi connectivity index (χ4v) is 2.89. The van der Waals surface area contributed by atoms with Gasteiger partial charge in [0.2, 0.25) is 5.91 Å². The first-order valence-electron chi connectivity index (χ1n) is 9.43. The lowest BCUT2D eigenvalue weighted by atomic mass is 10.0. The molecule has 8 nitrogen and oxygen atoms in total. The molecule has 1 aliphatic heterocycles. The van der Waals surface area contributed by atoms with E-state index in [1.807, 2.05) is 24.3 Å². The van der Waals surface area contributed by atoms with Crippen molar-refractivity contribution in [3.63, 3.8) is 0 Å². The van der Waals surface area contributed by atoms with Gasteiger partial charge in [-0.25, -0.2) is 4.79 Å². The highest BCUT2D eigenvalue weighted by Crippen LogP contribution is 2.19. The van der Waals surface area contributed by atoms with Crippen molar-refractivity contribution in [1.29, 1.82) is 5.26 Å². The molecule has 3 rings (SSSR count). The summed E-state index contributed by atoms with van der Waals surface area (Å²) in [6.45, 7) is 0.861. The fourth-order valence-electron chi connectivity index (χ4n) is 2.89. The Morgan fingerprint density at radius 1 is 1.29 bits per heavy atom. The predicted molar refractivity (Wildman–Crippen MR) is 103 cm³/mol. The Labute approximate surface area is 176 Å². The van der Waals surface area contributed by atoms with Crippen LogP contribution in [0.2, 0.25) is 0 Å². The van der Waals surface area contributed by atoms with Crippen LogP contribution in [-0.2, 0) is 16.0 Å². The number of halogens is 3. The van der Waals surface area contributed by atoms with E-state index in [1.54, 1.807) is 12.5 Å². The second kappa shape index (κ2) is 11.1. The lowest BCUT2D eigenvalue weighted by molar-refractivity contribution is -0.192. The largest absolute Gasteiger partial charge is 0.490 e. The summed E-state index contributed by atoms with van der Waals surface area (Å²) in [6, 6.07) is 9.31. The van der Waals surface area contributed by atoms with E-state index < -0.39 is 18.2 Å². The molecule has 0 bridgehead atoms. The minimum absolute atomic E-state index is 0.0812. The SMILES string of the molecule is N#C[C@H](Cc1ccc(-c2cnoc2)cc1)NC(=O)[C@@H]1CCCCN1.O=C(O)C(F)(F)F. The van der Waals surface area contributed by atoms with Crippen molar-refractivity contribution in [1.82, 2.24) is 15.8 Å². The Kier molecular flexibility index (Phi) is 8.57. The van der Waals surface area contributed by atoms with Gasteiger partial charge >= 0.3 is 12.1 Å². The summed E-state index contributed by atoms with van der Waals surface area (Å²) in [4.78, 5) is 21.1. The maximum Gasteiger partial charge on any atom is 0.490 e. The number of aliphatic carboxylic acids is 1. The summed E-state index contributed by atoms with van der Waals surface area (Å²) in [5.74, 6) is -2.84. The fraction of sp³-hybridized carbons (Fsp3) is 0.400. The monoisotopic (exact) mass is 438 g/mol. The molecule has 2 atom stereocenters. The third-order valence-electron chi connectivity index (χ3n) is 4.50. The van der Waals surface area contributed by atoms with Gasteiger partial charge in [-0.3, -0.25) is 4.79 Å². The molecule has 31 heavy (non-hydrogen) atoms. The maximum atomic E-state index is 12.2. The first kappa shape index (κ1) is 23.9. The molecule has 166 valence electrons. The number of nitrogens with zero attached hydrogens (tertiary/aromatic N) is 2. The second-order valence-electron chi connectivity index (χ2n) is 6.81. The molecule has 1 aromatic heterocycles. The van der Waals surface area contributed by atoms with E-state index in [9.17, 15) is 23.2 Å².